The molecule has 0 aliphatic carbocycles. The number of benzene rings is 2. The second-order valence-corrected chi connectivity index (χ2v) is 5.99. The molecule has 2 rings (SSSR count). The molecule has 2 aromatic rings. The molecule has 0 unspecified atom stereocenters. The summed E-state index contributed by atoms with van der Waals surface area (Å²) in [6.45, 7) is 1.25. The van der Waals surface area contributed by atoms with E-state index in [1.807, 2.05) is 19.1 Å². The van der Waals surface area contributed by atoms with Gasteiger partial charge in [-0.3, -0.25) is 4.79 Å². The molecule has 25 heavy (non-hydrogen) atoms. The Morgan fingerprint density at radius 2 is 1.84 bits per heavy atom. The highest BCUT2D eigenvalue weighted by Gasteiger charge is 2.11. The summed E-state index contributed by atoms with van der Waals surface area (Å²) in [5.41, 5.74) is 1.57. The average molecular weight is 408 g/mol. The van der Waals surface area contributed by atoms with Gasteiger partial charge in [-0.2, -0.15) is 0 Å². The molecule has 7 heteroatoms. The van der Waals surface area contributed by atoms with Crippen LogP contribution in [0.2, 0.25) is 0 Å². The monoisotopic (exact) mass is 407 g/mol. The molecular formula is C18H18BrNO5. The number of ether oxygens (including phenoxy) is 3. The van der Waals surface area contributed by atoms with Crippen LogP contribution in [-0.2, 0) is 14.3 Å². The smallest absolute Gasteiger partial charge is 0.344 e. The molecule has 132 valence electrons. The number of esters is 1. The summed E-state index contributed by atoms with van der Waals surface area (Å²) in [5, 5.41) is 2.62. The predicted molar refractivity (Wildman–Crippen MR) is 97.0 cm³/mol. The molecule has 0 radical (unpaired) electrons. The number of rotatable bonds is 7. The van der Waals surface area contributed by atoms with Gasteiger partial charge in [0.25, 0.3) is 5.91 Å². The number of amides is 1. The first-order valence-electron chi connectivity index (χ1n) is 7.47. The van der Waals surface area contributed by atoms with Gasteiger partial charge in [0.2, 0.25) is 0 Å². The van der Waals surface area contributed by atoms with Crippen molar-refractivity contribution < 1.29 is 23.8 Å². The lowest BCUT2D eigenvalue weighted by molar-refractivity contribution is -0.149. The van der Waals surface area contributed by atoms with Gasteiger partial charge in [0.05, 0.1) is 17.3 Å². The number of hydrogen-bond donors (Lipinski definition) is 1. The van der Waals surface area contributed by atoms with Gasteiger partial charge in [-0.15, -0.1) is 0 Å². The van der Waals surface area contributed by atoms with Gasteiger partial charge in [-0.1, -0.05) is 18.2 Å². The second-order valence-electron chi connectivity index (χ2n) is 5.13. The summed E-state index contributed by atoms with van der Waals surface area (Å²) in [4.78, 5) is 23.6. The summed E-state index contributed by atoms with van der Waals surface area (Å²) >= 11 is 3.36. The van der Waals surface area contributed by atoms with Crippen LogP contribution >= 0.6 is 15.9 Å². The summed E-state index contributed by atoms with van der Waals surface area (Å²) in [5.74, 6) is -0.0484. The molecule has 1 amide bonds. The van der Waals surface area contributed by atoms with Crippen LogP contribution in [0, 0.1) is 6.92 Å². The van der Waals surface area contributed by atoms with Crippen LogP contribution in [0.25, 0.3) is 0 Å². The van der Waals surface area contributed by atoms with E-state index in [0.29, 0.717) is 17.2 Å². The van der Waals surface area contributed by atoms with Gasteiger partial charge >= 0.3 is 5.97 Å². The Labute approximate surface area is 154 Å². The van der Waals surface area contributed by atoms with Crippen molar-refractivity contribution in [2.24, 2.45) is 0 Å². The lowest BCUT2D eigenvalue weighted by Gasteiger charge is -2.11. The maximum absolute atomic E-state index is 11.9. The maximum atomic E-state index is 11.9. The van der Waals surface area contributed by atoms with Crippen LogP contribution < -0.4 is 14.8 Å². The van der Waals surface area contributed by atoms with Crippen LogP contribution in [0.1, 0.15) is 5.56 Å². The van der Waals surface area contributed by atoms with Gasteiger partial charge in [0.1, 0.15) is 11.5 Å². The van der Waals surface area contributed by atoms with E-state index in [1.165, 1.54) is 7.11 Å². The zero-order valence-electron chi connectivity index (χ0n) is 13.9. The second kappa shape index (κ2) is 9.08. The van der Waals surface area contributed by atoms with Gasteiger partial charge in [0, 0.05) is 0 Å². The predicted octanol–water partition coefficient (Wildman–Crippen LogP) is 3.33. The van der Waals surface area contributed by atoms with E-state index in [-0.39, 0.29) is 6.61 Å². The Morgan fingerprint density at radius 1 is 1.08 bits per heavy atom. The van der Waals surface area contributed by atoms with E-state index in [2.05, 4.69) is 21.2 Å². The van der Waals surface area contributed by atoms with E-state index in [4.69, 9.17) is 14.2 Å². The van der Waals surface area contributed by atoms with Crippen molar-refractivity contribution in [3.05, 3.63) is 52.5 Å². The fourth-order valence-electron chi connectivity index (χ4n) is 1.98. The van der Waals surface area contributed by atoms with E-state index in [0.717, 1.165) is 10.0 Å². The molecule has 0 heterocycles. The van der Waals surface area contributed by atoms with Crippen molar-refractivity contribution in [3.8, 4) is 11.5 Å². The normalized spacial score (nSPS) is 10.0. The van der Waals surface area contributed by atoms with Gasteiger partial charge < -0.3 is 19.5 Å². The zero-order valence-corrected chi connectivity index (χ0v) is 15.5. The number of carbonyl (C=O) groups excluding carboxylic acids is 2. The maximum Gasteiger partial charge on any atom is 0.344 e. The first kappa shape index (κ1) is 18.8. The highest BCUT2D eigenvalue weighted by molar-refractivity contribution is 9.10. The Bertz CT molecular complexity index is 763. The number of para-hydroxylation sites is 2. The molecule has 2 aromatic carbocycles. The Kier molecular flexibility index (Phi) is 6.82. The van der Waals surface area contributed by atoms with Gasteiger partial charge in [-0.25, -0.2) is 4.79 Å². The molecule has 0 bridgehead atoms. The van der Waals surface area contributed by atoms with Crippen LogP contribution in [-0.4, -0.2) is 32.2 Å². The Morgan fingerprint density at radius 3 is 2.56 bits per heavy atom. The van der Waals surface area contributed by atoms with Crippen molar-refractivity contribution in [2.45, 2.75) is 6.92 Å². The number of methoxy groups -OCH3 is 1. The fourth-order valence-corrected chi connectivity index (χ4v) is 2.59. The van der Waals surface area contributed by atoms with Gasteiger partial charge in [-0.05, 0) is 52.7 Å². The third-order valence-electron chi connectivity index (χ3n) is 3.18. The van der Waals surface area contributed by atoms with E-state index < -0.39 is 18.5 Å². The van der Waals surface area contributed by atoms with Crippen LogP contribution in [0.5, 0.6) is 11.5 Å². The van der Waals surface area contributed by atoms with Crippen LogP contribution in [0.15, 0.2) is 46.9 Å². The first-order valence-corrected chi connectivity index (χ1v) is 8.26. The lowest BCUT2D eigenvalue weighted by Crippen LogP contribution is -2.23. The molecule has 0 fully saturated rings. The summed E-state index contributed by atoms with van der Waals surface area (Å²) < 4.78 is 16.1. The number of nitrogens with one attached hydrogen (secondary N) is 1. The summed E-state index contributed by atoms with van der Waals surface area (Å²) in [6.07, 6.45) is 0. The fraction of sp³-hybridized carbons (Fsp3) is 0.222. The van der Waals surface area contributed by atoms with Gasteiger partial charge in [0.15, 0.2) is 13.2 Å². The van der Waals surface area contributed by atoms with E-state index in [9.17, 15) is 9.59 Å². The van der Waals surface area contributed by atoms with Crippen molar-refractivity contribution in [1.29, 1.82) is 0 Å². The standard InChI is InChI=1S/C18H18BrNO5/c1-12-7-8-15(13(19)9-12)24-11-18(22)25-10-17(21)20-14-5-3-4-6-16(14)23-2/h3-9H,10-11H2,1-2H3,(H,20,21). The van der Waals surface area contributed by atoms with Crippen molar-refractivity contribution >= 4 is 33.5 Å². The number of anilines is 1. The van der Waals surface area contributed by atoms with E-state index >= 15 is 0 Å². The molecule has 0 atom stereocenters. The molecule has 1 N–H and O–H groups in total. The highest BCUT2D eigenvalue weighted by atomic mass is 79.9. The highest BCUT2D eigenvalue weighted by Crippen LogP contribution is 2.25. The third-order valence-corrected chi connectivity index (χ3v) is 3.80. The van der Waals surface area contributed by atoms with Crippen LogP contribution in [0.4, 0.5) is 5.69 Å². The van der Waals surface area contributed by atoms with Crippen molar-refractivity contribution in [3.63, 3.8) is 0 Å². The molecule has 0 aliphatic rings. The lowest BCUT2D eigenvalue weighted by atomic mass is 10.2. The summed E-state index contributed by atoms with van der Waals surface area (Å²) in [6, 6.07) is 12.5. The first-order chi connectivity index (χ1) is 12.0. The number of aryl methyl sites for hydroxylation is 1. The third kappa shape index (κ3) is 5.79. The number of halogens is 1. The topological polar surface area (TPSA) is 73.9 Å². The molecule has 0 saturated carbocycles. The minimum Gasteiger partial charge on any atom is -0.495 e. The minimum absolute atomic E-state index is 0.288. The Balaban J connectivity index is 1.78. The quantitative estimate of drug-likeness (QED) is 0.712. The molecule has 0 aromatic heterocycles. The molecular weight excluding hydrogens is 390 g/mol. The van der Waals surface area contributed by atoms with Crippen LogP contribution in [0.3, 0.4) is 0 Å². The zero-order chi connectivity index (χ0) is 18.2. The molecule has 0 spiro atoms. The summed E-state index contributed by atoms with van der Waals surface area (Å²) in [7, 11) is 1.51. The molecule has 0 aliphatic heterocycles. The Hall–Kier alpha value is -2.54. The molecule has 6 nitrogen and oxygen atoms in total. The van der Waals surface area contributed by atoms with Crippen molar-refractivity contribution in [2.75, 3.05) is 25.6 Å². The minimum atomic E-state index is -0.636. The SMILES string of the molecule is COc1ccccc1NC(=O)COC(=O)COc1ccc(C)cc1Br. The number of hydrogen-bond acceptors (Lipinski definition) is 5. The average Bonchev–Trinajstić information content (AvgIpc) is 2.59. The number of carbonyl (C=O) groups is 2. The van der Waals surface area contributed by atoms with Crippen molar-refractivity contribution in [1.82, 2.24) is 0 Å². The largest absolute Gasteiger partial charge is 0.495 e. The van der Waals surface area contributed by atoms with E-state index in [1.54, 1.807) is 30.3 Å². The molecule has 0 saturated heterocycles.